The summed E-state index contributed by atoms with van der Waals surface area (Å²) in [7, 11) is 1.70. The minimum atomic E-state index is -0.220. The largest absolute Gasteiger partial charge is 0.459 e. The van der Waals surface area contributed by atoms with Gasteiger partial charge in [-0.25, -0.2) is 4.39 Å². The van der Waals surface area contributed by atoms with E-state index in [0.29, 0.717) is 31.4 Å². The first-order chi connectivity index (χ1) is 13.5. The zero-order valence-corrected chi connectivity index (χ0v) is 20.0. The minimum absolute atomic E-state index is 0. The summed E-state index contributed by atoms with van der Waals surface area (Å²) in [4.78, 5) is 16.2. The quantitative estimate of drug-likeness (QED) is 0.198. The van der Waals surface area contributed by atoms with E-state index in [1.807, 2.05) is 13.2 Å². The highest BCUT2D eigenvalue weighted by molar-refractivity contribution is 14.0. The summed E-state index contributed by atoms with van der Waals surface area (Å²) >= 11 is 1.66. The number of rotatable bonds is 9. The molecule has 0 aliphatic carbocycles. The molecular formula is C20H28FIN4O2S. The smallest absolute Gasteiger partial charge is 0.287 e. The number of aryl methyl sites for hydroxylation is 1. The van der Waals surface area contributed by atoms with E-state index in [4.69, 9.17) is 4.42 Å². The second-order valence-corrected chi connectivity index (χ2v) is 7.11. The summed E-state index contributed by atoms with van der Waals surface area (Å²) in [5.74, 6) is 1.35. The summed E-state index contributed by atoms with van der Waals surface area (Å²) in [6, 6.07) is 6.61. The van der Waals surface area contributed by atoms with Crippen LogP contribution in [-0.2, 0) is 12.3 Å². The summed E-state index contributed by atoms with van der Waals surface area (Å²) in [5.41, 5.74) is 2.84. The molecule has 0 aliphatic heterocycles. The minimum Gasteiger partial charge on any atom is -0.459 e. The second kappa shape index (κ2) is 13.5. The Morgan fingerprint density at radius 3 is 2.59 bits per heavy atom. The lowest BCUT2D eigenvalue weighted by Gasteiger charge is -2.14. The average molecular weight is 534 g/mol. The Bertz CT molecular complexity index is 814. The van der Waals surface area contributed by atoms with Crippen molar-refractivity contribution in [2.24, 2.45) is 4.99 Å². The molecule has 0 saturated carbocycles. The first-order valence-electron chi connectivity index (χ1n) is 9.08. The van der Waals surface area contributed by atoms with E-state index >= 15 is 0 Å². The molecule has 0 bridgehead atoms. The highest BCUT2D eigenvalue weighted by atomic mass is 127. The van der Waals surface area contributed by atoms with Gasteiger partial charge in [0.1, 0.15) is 5.82 Å². The monoisotopic (exact) mass is 534 g/mol. The number of thioether (sulfide) groups is 1. The van der Waals surface area contributed by atoms with Gasteiger partial charge < -0.3 is 20.4 Å². The fourth-order valence-electron chi connectivity index (χ4n) is 2.64. The molecule has 0 spiro atoms. The number of furan rings is 1. The van der Waals surface area contributed by atoms with Crippen LogP contribution in [0.15, 0.2) is 39.9 Å². The highest BCUT2D eigenvalue weighted by Crippen LogP contribution is 2.16. The topological polar surface area (TPSA) is 78.7 Å². The van der Waals surface area contributed by atoms with Crippen molar-refractivity contribution in [1.29, 1.82) is 0 Å². The van der Waals surface area contributed by atoms with Gasteiger partial charge in [0, 0.05) is 38.0 Å². The standard InChI is InChI=1S/C20H27FN4O2S.HI/c1-14-7-10-27-18(14)19(26)23-8-4-9-24-20(22-2)25-12-15-5-6-17(21)11-16(15)13-28-3;/h5-7,10-11H,4,8-9,12-13H2,1-3H3,(H,23,26)(H2,22,24,25);1H. The van der Waals surface area contributed by atoms with E-state index in [1.54, 1.807) is 37.0 Å². The molecular weight excluding hydrogens is 506 g/mol. The van der Waals surface area contributed by atoms with Crippen LogP contribution in [0.4, 0.5) is 4.39 Å². The summed E-state index contributed by atoms with van der Waals surface area (Å²) < 4.78 is 18.6. The van der Waals surface area contributed by atoms with E-state index in [-0.39, 0.29) is 35.7 Å². The fraction of sp³-hybridized carbons (Fsp3) is 0.400. The maximum Gasteiger partial charge on any atom is 0.287 e. The number of guanidine groups is 1. The van der Waals surface area contributed by atoms with E-state index in [0.717, 1.165) is 28.9 Å². The van der Waals surface area contributed by atoms with Gasteiger partial charge in [-0.15, -0.1) is 24.0 Å². The van der Waals surface area contributed by atoms with Gasteiger partial charge in [-0.1, -0.05) is 6.07 Å². The van der Waals surface area contributed by atoms with Crippen molar-refractivity contribution in [2.75, 3.05) is 26.4 Å². The van der Waals surface area contributed by atoms with Crippen LogP contribution in [0.3, 0.4) is 0 Å². The zero-order chi connectivity index (χ0) is 20.4. The third kappa shape index (κ3) is 8.25. The Kier molecular flexibility index (Phi) is 11.7. The number of aliphatic imine (C=N–C) groups is 1. The molecule has 1 aromatic heterocycles. The number of amides is 1. The first-order valence-corrected chi connectivity index (χ1v) is 10.5. The van der Waals surface area contributed by atoms with Crippen molar-refractivity contribution in [3.63, 3.8) is 0 Å². The van der Waals surface area contributed by atoms with Gasteiger partial charge in [0.05, 0.1) is 6.26 Å². The molecule has 0 atom stereocenters. The molecule has 1 heterocycles. The van der Waals surface area contributed by atoms with E-state index < -0.39 is 0 Å². The number of carbonyl (C=O) groups excluding carboxylic acids is 1. The molecule has 0 radical (unpaired) electrons. The van der Waals surface area contributed by atoms with Gasteiger partial charge in [0.15, 0.2) is 11.7 Å². The van der Waals surface area contributed by atoms with Crippen LogP contribution in [-0.4, -0.2) is 38.3 Å². The number of carbonyl (C=O) groups is 1. The van der Waals surface area contributed by atoms with Gasteiger partial charge in [-0.05, 0) is 48.9 Å². The lowest BCUT2D eigenvalue weighted by molar-refractivity contribution is 0.0925. The zero-order valence-electron chi connectivity index (χ0n) is 16.9. The normalized spacial score (nSPS) is 11.0. The number of nitrogens with zero attached hydrogens (tertiary/aromatic N) is 1. The number of hydrogen-bond acceptors (Lipinski definition) is 4. The number of halogens is 2. The van der Waals surface area contributed by atoms with E-state index in [9.17, 15) is 9.18 Å². The van der Waals surface area contributed by atoms with Crippen LogP contribution in [0, 0.1) is 12.7 Å². The Labute approximate surface area is 192 Å². The summed E-state index contributed by atoms with van der Waals surface area (Å²) in [5, 5.41) is 9.28. The van der Waals surface area contributed by atoms with Crippen LogP contribution in [0.1, 0.15) is 33.7 Å². The van der Waals surface area contributed by atoms with Gasteiger partial charge in [0.2, 0.25) is 0 Å². The van der Waals surface area contributed by atoms with Gasteiger partial charge in [-0.2, -0.15) is 11.8 Å². The molecule has 29 heavy (non-hydrogen) atoms. The molecule has 6 nitrogen and oxygen atoms in total. The van der Waals surface area contributed by atoms with Crippen LogP contribution >= 0.6 is 35.7 Å². The molecule has 0 aliphatic rings. The van der Waals surface area contributed by atoms with Crippen molar-refractivity contribution in [3.8, 4) is 0 Å². The molecule has 2 rings (SSSR count). The van der Waals surface area contributed by atoms with E-state index in [2.05, 4.69) is 20.9 Å². The molecule has 9 heteroatoms. The highest BCUT2D eigenvalue weighted by Gasteiger charge is 2.11. The molecule has 2 aromatic rings. The maximum atomic E-state index is 13.4. The van der Waals surface area contributed by atoms with Crippen molar-refractivity contribution in [3.05, 3.63) is 58.8 Å². The van der Waals surface area contributed by atoms with Crippen LogP contribution in [0.2, 0.25) is 0 Å². The summed E-state index contributed by atoms with van der Waals surface area (Å²) in [6.07, 6.45) is 4.24. The third-order valence-electron chi connectivity index (χ3n) is 4.14. The lowest BCUT2D eigenvalue weighted by Crippen LogP contribution is -2.38. The SMILES string of the molecule is CN=C(NCCCNC(=O)c1occc1C)NCc1ccc(F)cc1CSC.I. The third-order valence-corrected chi connectivity index (χ3v) is 4.74. The Hall–Kier alpha value is -1.75. The van der Waals surface area contributed by atoms with Crippen LogP contribution in [0.5, 0.6) is 0 Å². The molecule has 1 amide bonds. The predicted octanol–water partition coefficient (Wildman–Crippen LogP) is 3.69. The van der Waals surface area contributed by atoms with Crippen molar-refractivity contribution in [1.82, 2.24) is 16.0 Å². The number of hydrogen-bond donors (Lipinski definition) is 3. The fourth-order valence-corrected chi connectivity index (χ4v) is 3.22. The van der Waals surface area contributed by atoms with Gasteiger partial charge in [-0.3, -0.25) is 9.79 Å². The maximum absolute atomic E-state index is 13.4. The Balaban J connectivity index is 0.00000420. The molecule has 0 unspecified atom stereocenters. The Morgan fingerprint density at radius 1 is 1.17 bits per heavy atom. The summed E-state index contributed by atoms with van der Waals surface area (Å²) in [6.45, 7) is 3.57. The lowest BCUT2D eigenvalue weighted by atomic mass is 10.1. The second-order valence-electron chi connectivity index (χ2n) is 6.24. The first kappa shape index (κ1) is 25.3. The molecule has 0 fully saturated rings. The van der Waals surface area contributed by atoms with Crippen molar-refractivity contribution >= 4 is 47.6 Å². The van der Waals surface area contributed by atoms with Gasteiger partial charge in [0.25, 0.3) is 5.91 Å². The van der Waals surface area contributed by atoms with Crippen molar-refractivity contribution < 1.29 is 13.6 Å². The molecule has 3 N–H and O–H groups in total. The van der Waals surface area contributed by atoms with Crippen LogP contribution < -0.4 is 16.0 Å². The molecule has 0 saturated heterocycles. The van der Waals surface area contributed by atoms with Crippen molar-refractivity contribution in [2.45, 2.75) is 25.6 Å². The number of nitrogens with one attached hydrogen (secondary N) is 3. The Morgan fingerprint density at radius 2 is 1.93 bits per heavy atom. The van der Waals surface area contributed by atoms with Crippen LogP contribution in [0.25, 0.3) is 0 Å². The average Bonchev–Trinajstić information content (AvgIpc) is 3.11. The molecule has 160 valence electrons. The van der Waals surface area contributed by atoms with E-state index in [1.165, 1.54) is 12.3 Å². The predicted molar refractivity (Wildman–Crippen MR) is 128 cm³/mol. The molecule has 1 aromatic carbocycles. The number of benzene rings is 1. The van der Waals surface area contributed by atoms with Gasteiger partial charge >= 0.3 is 0 Å².